The van der Waals surface area contributed by atoms with Gasteiger partial charge in [-0.25, -0.2) is 23.4 Å². The van der Waals surface area contributed by atoms with Crippen LogP contribution in [0.5, 0.6) is 0 Å². The molecule has 1 atom stereocenters. The molecule has 0 aliphatic heterocycles. The molecular weight excluding hydrogens is 694 g/mol. The van der Waals surface area contributed by atoms with Gasteiger partial charge in [0.25, 0.3) is 0 Å². The number of H-pyrrole nitrogens is 1. The summed E-state index contributed by atoms with van der Waals surface area (Å²) in [6.45, 7) is 5.91. The van der Waals surface area contributed by atoms with Crippen molar-refractivity contribution in [3.05, 3.63) is 83.6 Å². The van der Waals surface area contributed by atoms with Crippen LogP contribution >= 0.6 is 11.6 Å². The van der Waals surface area contributed by atoms with Crippen LogP contribution in [0.25, 0.3) is 22.5 Å². The van der Waals surface area contributed by atoms with Gasteiger partial charge < -0.3 is 20.7 Å². The number of halogens is 1. The lowest BCUT2D eigenvalue weighted by Gasteiger charge is -2.29. The number of hydrogen-bond acceptors (Lipinski definition) is 8. The minimum absolute atomic E-state index is 0.0234. The number of rotatable bonds is 11. The molecule has 0 saturated heterocycles. The Morgan fingerprint density at radius 1 is 0.922 bits per heavy atom. The van der Waals surface area contributed by atoms with E-state index in [1.54, 1.807) is 36.4 Å². The highest BCUT2D eigenvalue weighted by Crippen LogP contribution is 2.29. The smallest absolute Gasteiger partial charge is 0.407 e. The number of ether oxygens (including phenoxy) is 1. The number of carbonyl (C=O) groups excluding carboxylic acids is 3. The van der Waals surface area contributed by atoms with Gasteiger partial charge in [0.15, 0.2) is 5.82 Å². The highest BCUT2D eigenvalue weighted by Gasteiger charge is 2.30. The van der Waals surface area contributed by atoms with E-state index in [0.717, 1.165) is 29.5 Å². The molecular formula is C36H42ClN7O6S. The largest absolute Gasteiger partial charge is 0.444 e. The first-order valence-corrected chi connectivity index (χ1v) is 18.5. The lowest BCUT2D eigenvalue weighted by Crippen LogP contribution is -2.48. The highest BCUT2D eigenvalue weighted by atomic mass is 35.5. The van der Waals surface area contributed by atoms with Crippen LogP contribution in [-0.2, 0) is 30.8 Å². The third-order valence-corrected chi connectivity index (χ3v) is 9.66. The Morgan fingerprint density at radius 3 is 2.06 bits per heavy atom. The summed E-state index contributed by atoms with van der Waals surface area (Å²) in [5, 5.41) is 20.8. The number of alkyl carbamates (subject to hydrolysis) is 1. The van der Waals surface area contributed by atoms with Crippen LogP contribution in [-0.4, -0.2) is 59.7 Å². The fourth-order valence-corrected chi connectivity index (χ4v) is 6.52. The average molecular weight is 736 g/mol. The summed E-state index contributed by atoms with van der Waals surface area (Å²) >= 11 is 5.86. The number of aromatic nitrogens is 3. The van der Waals surface area contributed by atoms with E-state index in [2.05, 4.69) is 31.1 Å². The minimum atomic E-state index is -3.80. The van der Waals surface area contributed by atoms with Crippen molar-refractivity contribution in [2.75, 3.05) is 11.9 Å². The molecule has 4 aromatic rings. The van der Waals surface area contributed by atoms with Crippen LogP contribution in [0.3, 0.4) is 0 Å². The second kappa shape index (κ2) is 16.0. The molecule has 1 aliphatic carbocycles. The summed E-state index contributed by atoms with van der Waals surface area (Å²) in [7, 11) is -3.80. The zero-order valence-electron chi connectivity index (χ0n) is 28.6. The number of nitrogens with two attached hydrogens (primary N) is 1. The van der Waals surface area contributed by atoms with E-state index < -0.39 is 27.8 Å². The zero-order valence-corrected chi connectivity index (χ0v) is 30.2. The first kappa shape index (κ1) is 37.5. The van der Waals surface area contributed by atoms with Gasteiger partial charge in [0.1, 0.15) is 11.6 Å². The minimum Gasteiger partial charge on any atom is -0.444 e. The average Bonchev–Trinajstić information content (AvgIpc) is 3.53. The van der Waals surface area contributed by atoms with Crippen molar-refractivity contribution in [1.82, 2.24) is 25.8 Å². The number of anilines is 1. The maximum absolute atomic E-state index is 13.7. The van der Waals surface area contributed by atoms with Gasteiger partial charge in [0.2, 0.25) is 27.1 Å². The molecule has 6 N–H and O–H groups in total. The lowest BCUT2D eigenvalue weighted by atomic mass is 9.81. The van der Waals surface area contributed by atoms with E-state index in [0.29, 0.717) is 36.5 Å². The van der Waals surface area contributed by atoms with Crippen LogP contribution in [0.1, 0.15) is 52.0 Å². The third-order valence-electron chi connectivity index (χ3n) is 8.56. The van der Waals surface area contributed by atoms with Crippen LogP contribution in [0.15, 0.2) is 77.7 Å². The van der Waals surface area contributed by atoms with Crippen LogP contribution in [0, 0.1) is 11.8 Å². The van der Waals surface area contributed by atoms with Gasteiger partial charge >= 0.3 is 6.09 Å². The molecule has 5 rings (SSSR count). The molecule has 0 bridgehead atoms. The van der Waals surface area contributed by atoms with E-state index in [1.807, 2.05) is 45.0 Å². The third kappa shape index (κ3) is 10.8. The Morgan fingerprint density at radius 2 is 1.51 bits per heavy atom. The number of amides is 3. The lowest BCUT2D eigenvalue weighted by molar-refractivity contribution is -0.130. The maximum atomic E-state index is 13.7. The Labute approximate surface area is 302 Å². The van der Waals surface area contributed by atoms with Gasteiger partial charge in [-0.05, 0) is 117 Å². The predicted molar refractivity (Wildman–Crippen MR) is 194 cm³/mol. The number of carbonyl (C=O) groups is 3. The Kier molecular flexibility index (Phi) is 11.8. The van der Waals surface area contributed by atoms with E-state index in [4.69, 9.17) is 21.5 Å². The number of aromatic amines is 1. The molecule has 1 aliphatic rings. The van der Waals surface area contributed by atoms with Crippen LogP contribution in [0.2, 0.25) is 5.28 Å². The summed E-state index contributed by atoms with van der Waals surface area (Å²) in [5.41, 5.74) is 3.11. The van der Waals surface area contributed by atoms with Crippen LogP contribution < -0.4 is 21.1 Å². The summed E-state index contributed by atoms with van der Waals surface area (Å²) in [6, 6.07) is 19.8. The maximum Gasteiger partial charge on any atom is 0.407 e. The molecule has 1 saturated carbocycles. The molecule has 0 radical (unpaired) electrons. The summed E-state index contributed by atoms with van der Waals surface area (Å²) in [6.07, 6.45) is 2.55. The molecule has 13 nitrogen and oxygen atoms in total. The molecule has 3 amide bonds. The molecule has 3 aromatic carbocycles. The van der Waals surface area contributed by atoms with Gasteiger partial charge in [-0.2, -0.15) is 10.1 Å². The van der Waals surface area contributed by atoms with Crippen molar-refractivity contribution in [3.8, 4) is 22.5 Å². The second-order valence-electron chi connectivity index (χ2n) is 13.6. The van der Waals surface area contributed by atoms with E-state index in [9.17, 15) is 22.8 Å². The fourth-order valence-electron chi connectivity index (χ4n) is 5.88. The Balaban J connectivity index is 1.25. The van der Waals surface area contributed by atoms with Gasteiger partial charge in [-0.3, -0.25) is 9.59 Å². The predicted octanol–water partition coefficient (Wildman–Crippen LogP) is 5.44. The molecule has 0 unspecified atom stereocenters. The van der Waals surface area contributed by atoms with Crippen molar-refractivity contribution in [3.63, 3.8) is 0 Å². The highest BCUT2D eigenvalue weighted by molar-refractivity contribution is 7.89. The Bertz CT molecular complexity index is 1940. The number of nitrogens with one attached hydrogen (secondary N) is 4. The van der Waals surface area contributed by atoms with Gasteiger partial charge in [0, 0.05) is 30.1 Å². The molecule has 0 spiro atoms. The van der Waals surface area contributed by atoms with Gasteiger partial charge in [-0.15, -0.1) is 0 Å². The topological polar surface area (TPSA) is 198 Å². The summed E-state index contributed by atoms with van der Waals surface area (Å²) in [4.78, 5) is 43.5. The number of primary sulfonamides is 1. The monoisotopic (exact) mass is 735 g/mol. The number of benzene rings is 3. The first-order valence-electron chi connectivity index (χ1n) is 16.6. The van der Waals surface area contributed by atoms with E-state index in [1.165, 1.54) is 12.1 Å². The van der Waals surface area contributed by atoms with Crippen molar-refractivity contribution in [2.24, 2.45) is 17.0 Å². The molecule has 1 fully saturated rings. The fraction of sp³-hybridized carbons (Fsp3) is 0.361. The zero-order chi connectivity index (χ0) is 36.8. The molecule has 51 heavy (non-hydrogen) atoms. The molecule has 270 valence electrons. The molecule has 1 heterocycles. The number of nitrogens with zero attached hydrogens (tertiary/aromatic N) is 2. The van der Waals surface area contributed by atoms with Crippen molar-refractivity contribution in [2.45, 2.75) is 69.4 Å². The second-order valence-corrected chi connectivity index (χ2v) is 15.6. The quantitative estimate of drug-likeness (QED) is 0.134. The Hall–Kier alpha value is -4.79. The molecule has 15 heteroatoms. The van der Waals surface area contributed by atoms with E-state index >= 15 is 0 Å². The standard InChI is InChI=1S/C36H42ClN7O6S/c1-36(2,3)50-35(47)39-21-23-6-10-27(11-7-23)32(45)41-30(33(46)40-28-16-12-26(13-17-28)31-42-34(37)44-43-31)20-22-4-8-24(9-5-22)25-14-18-29(19-15-25)51(38,48)49/h4-5,8-9,12-19,23,27,30H,6-7,10-11,20-21H2,1-3H3,(H,39,47)(H,40,46)(H,41,45)(H2,38,48,49)(H,42,43,44)/t23?,27?,30-/m0/s1. The van der Waals surface area contributed by atoms with Gasteiger partial charge in [0.05, 0.1) is 4.90 Å². The summed E-state index contributed by atoms with van der Waals surface area (Å²) in [5.74, 6) is -0.201. The molecule has 1 aromatic heterocycles. The number of hydrogen-bond donors (Lipinski definition) is 5. The normalized spacial score (nSPS) is 16.9. The van der Waals surface area contributed by atoms with Crippen molar-refractivity contribution < 1.29 is 27.5 Å². The van der Waals surface area contributed by atoms with Crippen molar-refractivity contribution >= 4 is 45.2 Å². The SMILES string of the molecule is CC(C)(C)OC(=O)NCC1CCC(C(=O)N[C@@H](Cc2ccc(-c3ccc(S(N)(=O)=O)cc3)cc2)C(=O)Nc2ccc(-c3n[nH]c(Cl)n3)cc2)CC1. The van der Waals surface area contributed by atoms with E-state index in [-0.39, 0.29) is 40.3 Å². The summed E-state index contributed by atoms with van der Waals surface area (Å²) < 4.78 is 28.6. The first-order chi connectivity index (χ1) is 24.1. The van der Waals surface area contributed by atoms with Crippen LogP contribution in [0.4, 0.5) is 10.5 Å². The van der Waals surface area contributed by atoms with Gasteiger partial charge in [-0.1, -0.05) is 36.4 Å². The van der Waals surface area contributed by atoms with Crippen molar-refractivity contribution in [1.29, 1.82) is 0 Å². The number of sulfonamides is 1.